The van der Waals surface area contributed by atoms with Crippen LogP contribution in [0.1, 0.15) is 21.5 Å². The Morgan fingerprint density at radius 2 is 1.75 bits per heavy atom. The molecule has 0 aliphatic carbocycles. The first-order chi connectivity index (χ1) is 13.5. The van der Waals surface area contributed by atoms with E-state index in [1.807, 2.05) is 48.5 Å². The van der Waals surface area contributed by atoms with Crippen LogP contribution in [-0.4, -0.2) is 22.7 Å². The van der Waals surface area contributed by atoms with Gasteiger partial charge in [-0.3, -0.25) is 4.79 Å². The van der Waals surface area contributed by atoms with E-state index in [1.54, 1.807) is 17.0 Å². The lowest BCUT2D eigenvalue weighted by molar-refractivity contribution is -0.112. The van der Waals surface area contributed by atoms with E-state index in [0.29, 0.717) is 17.9 Å². The molecule has 1 heterocycles. The Morgan fingerprint density at radius 3 is 2.50 bits per heavy atom. The molecule has 1 aliphatic heterocycles. The minimum atomic E-state index is -1.03. The van der Waals surface area contributed by atoms with Crippen molar-refractivity contribution in [3.63, 3.8) is 0 Å². The largest absolute Gasteiger partial charge is 0.478 e. The van der Waals surface area contributed by atoms with Gasteiger partial charge in [-0.2, -0.15) is 0 Å². The first kappa shape index (κ1) is 18.1. The number of halogens is 1. The normalized spacial score (nSPS) is 14.4. The average Bonchev–Trinajstić information content (AvgIpc) is 2.96. The van der Waals surface area contributed by atoms with Crippen LogP contribution < -0.4 is 4.90 Å². The van der Waals surface area contributed by atoms with E-state index < -0.39 is 5.97 Å². The minimum absolute atomic E-state index is 0.132. The zero-order valence-electron chi connectivity index (χ0n) is 14.7. The van der Waals surface area contributed by atoms with E-state index in [0.717, 1.165) is 21.3 Å². The Balaban J connectivity index is 1.73. The van der Waals surface area contributed by atoms with Gasteiger partial charge in [0.1, 0.15) is 5.71 Å². The van der Waals surface area contributed by atoms with Gasteiger partial charge in [0.15, 0.2) is 0 Å². The number of anilines is 1. The summed E-state index contributed by atoms with van der Waals surface area (Å²) in [5, 5.41) is 9.18. The second-order valence-corrected chi connectivity index (χ2v) is 7.27. The molecule has 0 aromatic heterocycles. The van der Waals surface area contributed by atoms with Crippen LogP contribution in [0.2, 0.25) is 0 Å². The summed E-state index contributed by atoms with van der Waals surface area (Å²) in [6.07, 6.45) is 0. The molecule has 28 heavy (non-hydrogen) atoms. The zero-order chi connectivity index (χ0) is 19.7. The first-order valence-corrected chi connectivity index (χ1v) is 9.40. The maximum Gasteiger partial charge on any atom is 0.335 e. The quantitative estimate of drug-likeness (QED) is 0.639. The molecule has 0 radical (unpaired) electrons. The molecule has 0 atom stereocenters. The number of carbonyl (C=O) groups is 2. The van der Waals surface area contributed by atoms with Crippen LogP contribution in [0.15, 0.2) is 82.3 Å². The van der Waals surface area contributed by atoms with Crippen molar-refractivity contribution in [2.24, 2.45) is 4.99 Å². The van der Waals surface area contributed by atoms with Gasteiger partial charge >= 0.3 is 5.97 Å². The predicted molar refractivity (Wildman–Crippen MR) is 111 cm³/mol. The van der Waals surface area contributed by atoms with Crippen LogP contribution in [0.3, 0.4) is 0 Å². The summed E-state index contributed by atoms with van der Waals surface area (Å²) in [5.41, 5.74) is 3.42. The predicted octanol–water partition coefficient (Wildman–Crippen LogP) is 4.81. The number of amides is 1. The van der Waals surface area contributed by atoms with Gasteiger partial charge in [-0.1, -0.05) is 52.3 Å². The molecule has 5 nitrogen and oxygen atoms in total. The van der Waals surface area contributed by atoms with Crippen molar-refractivity contribution in [1.29, 1.82) is 0 Å². The number of benzene rings is 3. The van der Waals surface area contributed by atoms with E-state index in [1.165, 1.54) is 12.1 Å². The van der Waals surface area contributed by atoms with Crippen LogP contribution in [0.5, 0.6) is 0 Å². The number of nitrogens with zero attached hydrogens (tertiary/aromatic N) is 2. The second-order valence-electron chi connectivity index (χ2n) is 6.35. The summed E-state index contributed by atoms with van der Waals surface area (Å²) >= 11 is 3.42. The van der Waals surface area contributed by atoms with Gasteiger partial charge in [-0.25, -0.2) is 9.79 Å². The highest BCUT2D eigenvalue weighted by Gasteiger charge is 2.33. The number of aliphatic imine (C=N–C) groups is 1. The maximum atomic E-state index is 13.1. The summed E-state index contributed by atoms with van der Waals surface area (Å²) in [6, 6.07) is 21.6. The number of fused-ring (bicyclic) bond motifs is 1. The summed E-state index contributed by atoms with van der Waals surface area (Å²) in [5.74, 6) is -1.23. The third-order valence-electron chi connectivity index (χ3n) is 4.49. The topological polar surface area (TPSA) is 70.0 Å². The molecule has 1 N–H and O–H groups in total. The number of aromatic carboxylic acids is 1. The van der Waals surface area contributed by atoms with Crippen molar-refractivity contribution in [1.82, 2.24) is 0 Å². The number of carboxylic acid groups (broad SMARTS) is 1. The van der Waals surface area contributed by atoms with Crippen LogP contribution >= 0.6 is 15.9 Å². The smallest absolute Gasteiger partial charge is 0.335 e. The fourth-order valence-electron chi connectivity index (χ4n) is 3.14. The molecule has 0 saturated heterocycles. The number of hydrogen-bond acceptors (Lipinski definition) is 3. The van der Waals surface area contributed by atoms with Crippen LogP contribution in [-0.2, 0) is 11.3 Å². The Labute approximate surface area is 170 Å². The lowest BCUT2D eigenvalue weighted by Gasteiger charge is -2.17. The van der Waals surface area contributed by atoms with Gasteiger partial charge in [0.2, 0.25) is 0 Å². The third kappa shape index (κ3) is 3.46. The molecule has 4 rings (SSSR count). The van der Waals surface area contributed by atoms with Crippen molar-refractivity contribution in [3.8, 4) is 0 Å². The van der Waals surface area contributed by atoms with Gasteiger partial charge < -0.3 is 10.0 Å². The third-order valence-corrected chi connectivity index (χ3v) is 5.01. The average molecular weight is 435 g/mol. The summed E-state index contributed by atoms with van der Waals surface area (Å²) in [7, 11) is 0. The Bertz CT molecular complexity index is 1110. The van der Waals surface area contributed by atoms with Crippen LogP contribution in [0.4, 0.5) is 11.4 Å². The monoisotopic (exact) mass is 434 g/mol. The number of para-hydroxylation sites is 1. The lowest BCUT2D eigenvalue weighted by Crippen LogP contribution is -2.29. The molecular weight excluding hydrogens is 420 g/mol. The van der Waals surface area contributed by atoms with Crippen molar-refractivity contribution in [2.45, 2.75) is 6.54 Å². The molecular formula is C22H15BrN2O3. The SMILES string of the molecule is O=C(O)c1cccc(N=C2C(=O)N(Cc3ccc(Br)cc3)c3ccccc32)c1. The lowest BCUT2D eigenvalue weighted by atomic mass is 10.1. The molecule has 6 heteroatoms. The number of carboxylic acids is 1. The maximum absolute atomic E-state index is 13.1. The van der Waals surface area contributed by atoms with Gasteiger partial charge in [-0.05, 0) is 42.0 Å². The second kappa shape index (κ2) is 7.40. The number of hydrogen-bond donors (Lipinski definition) is 1. The molecule has 3 aromatic rings. The highest BCUT2D eigenvalue weighted by Crippen LogP contribution is 2.32. The zero-order valence-corrected chi connectivity index (χ0v) is 16.3. The van der Waals surface area contributed by atoms with Crippen molar-refractivity contribution in [2.75, 3.05) is 4.90 Å². The van der Waals surface area contributed by atoms with E-state index in [-0.39, 0.29) is 11.5 Å². The van der Waals surface area contributed by atoms with Crippen molar-refractivity contribution in [3.05, 3.63) is 94.0 Å². The van der Waals surface area contributed by atoms with Crippen molar-refractivity contribution < 1.29 is 14.7 Å². The Kier molecular flexibility index (Phi) is 4.79. The van der Waals surface area contributed by atoms with E-state index in [4.69, 9.17) is 0 Å². The molecule has 0 bridgehead atoms. The van der Waals surface area contributed by atoms with E-state index in [2.05, 4.69) is 20.9 Å². The van der Waals surface area contributed by atoms with Crippen LogP contribution in [0, 0.1) is 0 Å². The van der Waals surface area contributed by atoms with Gasteiger partial charge in [-0.15, -0.1) is 0 Å². The fourth-order valence-corrected chi connectivity index (χ4v) is 3.40. The molecule has 138 valence electrons. The first-order valence-electron chi connectivity index (χ1n) is 8.61. The Morgan fingerprint density at radius 1 is 1.00 bits per heavy atom. The van der Waals surface area contributed by atoms with Gasteiger partial charge in [0, 0.05) is 10.0 Å². The van der Waals surface area contributed by atoms with E-state index >= 15 is 0 Å². The molecule has 0 unspecified atom stereocenters. The molecule has 0 spiro atoms. The summed E-state index contributed by atoms with van der Waals surface area (Å²) < 4.78 is 0.977. The van der Waals surface area contributed by atoms with Gasteiger partial charge in [0.25, 0.3) is 5.91 Å². The highest BCUT2D eigenvalue weighted by molar-refractivity contribution is 9.10. The molecule has 3 aromatic carbocycles. The number of carbonyl (C=O) groups excluding carboxylic acids is 1. The summed E-state index contributed by atoms with van der Waals surface area (Å²) in [4.78, 5) is 30.5. The standard InChI is InChI=1S/C22H15BrN2O3/c23-16-10-8-14(9-11-16)13-25-19-7-2-1-6-18(19)20(21(25)26)24-17-5-3-4-15(12-17)22(27)28/h1-12H,13H2,(H,27,28). The molecule has 1 aliphatic rings. The fraction of sp³-hybridized carbons (Fsp3) is 0.0455. The highest BCUT2D eigenvalue weighted by atomic mass is 79.9. The van der Waals surface area contributed by atoms with Gasteiger partial charge in [0.05, 0.1) is 23.5 Å². The van der Waals surface area contributed by atoms with Crippen molar-refractivity contribution >= 4 is 44.9 Å². The van der Waals surface area contributed by atoms with E-state index in [9.17, 15) is 14.7 Å². The molecule has 1 amide bonds. The number of rotatable bonds is 4. The Hall–Kier alpha value is -3.25. The molecule has 0 saturated carbocycles. The minimum Gasteiger partial charge on any atom is -0.478 e. The summed E-state index contributed by atoms with van der Waals surface area (Å²) in [6.45, 7) is 0.428. The molecule has 0 fully saturated rings. The van der Waals surface area contributed by atoms with Crippen LogP contribution in [0.25, 0.3) is 0 Å².